The number of nitrogens with zero attached hydrogens (tertiary/aromatic N) is 1. The van der Waals surface area contributed by atoms with E-state index in [0.29, 0.717) is 19.5 Å². The number of rotatable bonds is 5. The summed E-state index contributed by atoms with van der Waals surface area (Å²) in [5.41, 5.74) is 0.338. The maximum Gasteiger partial charge on any atom is 0.253 e. The summed E-state index contributed by atoms with van der Waals surface area (Å²) in [5, 5.41) is 11.6. The Morgan fingerprint density at radius 2 is 2.17 bits per heavy atom. The van der Waals surface area contributed by atoms with Crippen LogP contribution in [0.15, 0.2) is 18.2 Å². The highest BCUT2D eigenvalue weighted by atomic mass is 19.1. The summed E-state index contributed by atoms with van der Waals surface area (Å²) in [7, 11) is 0. The summed E-state index contributed by atoms with van der Waals surface area (Å²) >= 11 is 0. The van der Waals surface area contributed by atoms with Gasteiger partial charge in [0.25, 0.3) is 5.91 Å². The minimum atomic E-state index is -0.620. The number of hydrogen-bond acceptors (Lipinski definition) is 3. The summed E-state index contributed by atoms with van der Waals surface area (Å²) in [6, 6.07) is 4.09. The maximum atomic E-state index is 14.1. The standard InChI is InChI=1S/C17H23FN2O3/c1-11(2)7-16(22)19-15-4-3-13(8-14(15)18)17(23)20-6-5-12(9-20)10-21/h3-4,8,11-12,21H,5-7,9-10H2,1-2H3,(H,19,22). The van der Waals surface area contributed by atoms with Crippen molar-refractivity contribution in [2.75, 3.05) is 25.0 Å². The smallest absolute Gasteiger partial charge is 0.253 e. The van der Waals surface area contributed by atoms with Gasteiger partial charge in [-0.15, -0.1) is 0 Å². The van der Waals surface area contributed by atoms with Crippen LogP contribution in [0.5, 0.6) is 0 Å². The number of carbonyl (C=O) groups is 2. The summed E-state index contributed by atoms with van der Waals surface area (Å²) in [6.45, 7) is 4.93. The first-order valence-corrected chi connectivity index (χ1v) is 7.90. The van der Waals surface area contributed by atoms with Crippen molar-refractivity contribution in [1.82, 2.24) is 4.90 Å². The molecule has 2 amide bonds. The number of anilines is 1. The molecule has 6 heteroatoms. The third-order valence-electron chi connectivity index (χ3n) is 3.92. The van der Waals surface area contributed by atoms with Gasteiger partial charge in [-0.3, -0.25) is 9.59 Å². The number of benzene rings is 1. The van der Waals surface area contributed by atoms with Crippen LogP contribution in [0, 0.1) is 17.7 Å². The predicted octanol–water partition coefficient (Wildman–Crippen LogP) is 2.26. The minimum Gasteiger partial charge on any atom is -0.396 e. The van der Waals surface area contributed by atoms with Gasteiger partial charge >= 0.3 is 0 Å². The second kappa shape index (κ2) is 7.55. The van der Waals surface area contributed by atoms with E-state index in [2.05, 4.69) is 5.32 Å². The van der Waals surface area contributed by atoms with Crippen LogP contribution in [0.1, 0.15) is 37.0 Å². The third kappa shape index (κ3) is 4.51. The van der Waals surface area contributed by atoms with Gasteiger partial charge in [-0.1, -0.05) is 13.8 Å². The normalized spacial score (nSPS) is 17.6. The molecule has 2 rings (SSSR count). The Labute approximate surface area is 135 Å². The molecule has 1 unspecified atom stereocenters. The average molecular weight is 322 g/mol. The van der Waals surface area contributed by atoms with E-state index in [1.807, 2.05) is 13.8 Å². The van der Waals surface area contributed by atoms with Crippen LogP contribution in [-0.2, 0) is 4.79 Å². The van der Waals surface area contributed by atoms with Crippen molar-refractivity contribution in [2.45, 2.75) is 26.7 Å². The molecule has 1 saturated heterocycles. The van der Waals surface area contributed by atoms with E-state index in [-0.39, 0.29) is 41.5 Å². The largest absolute Gasteiger partial charge is 0.396 e. The molecule has 0 bridgehead atoms. The first-order chi connectivity index (χ1) is 10.9. The Kier molecular flexibility index (Phi) is 5.71. The fourth-order valence-electron chi connectivity index (χ4n) is 2.67. The van der Waals surface area contributed by atoms with Gasteiger partial charge in [0.2, 0.25) is 5.91 Å². The van der Waals surface area contributed by atoms with Crippen molar-refractivity contribution in [3.63, 3.8) is 0 Å². The van der Waals surface area contributed by atoms with Gasteiger partial charge in [0.1, 0.15) is 5.82 Å². The molecule has 0 radical (unpaired) electrons. The molecule has 5 nitrogen and oxygen atoms in total. The van der Waals surface area contributed by atoms with E-state index >= 15 is 0 Å². The topological polar surface area (TPSA) is 69.6 Å². The molecule has 2 N–H and O–H groups in total. The molecule has 0 spiro atoms. The Morgan fingerprint density at radius 1 is 1.43 bits per heavy atom. The van der Waals surface area contributed by atoms with E-state index in [0.717, 1.165) is 12.5 Å². The summed E-state index contributed by atoms with van der Waals surface area (Å²) < 4.78 is 14.1. The molecule has 1 aliphatic heterocycles. The minimum absolute atomic E-state index is 0.0545. The molecule has 1 fully saturated rings. The number of halogens is 1. The molecule has 0 aromatic heterocycles. The van der Waals surface area contributed by atoms with Gasteiger partial charge in [0.05, 0.1) is 5.69 Å². The van der Waals surface area contributed by atoms with Crippen LogP contribution >= 0.6 is 0 Å². The van der Waals surface area contributed by atoms with E-state index in [9.17, 15) is 14.0 Å². The van der Waals surface area contributed by atoms with Crippen LogP contribution < -0.4 is 5.32 Å². The van der Waals surface area contributed by atoms with Crippen LogP contribution in [0.3, 0.4) is 0 Å². The van der Waals surface area contributed by atoms with E-state index < -0.39 is 5.82 Å². The van der Waals surface area contributed by atoms with Gasteiger partial charge in [0.15, 0.2) is 0 Å². The third-order valence-corrected chi connectivity index (χ3v) is 3.92. The van der Waals surface area contributed by atoms with E-state index in [1.54, 1.807) is 4.90 Å². The molecule has 0 saturated carbocycles. The molecule has 1 aromatic rings. The molecule has 1 aromatic carbocycles. The average Bonchev–Trinajstić information content (AvgIpc) is 2.96. The Bertz CT molecular complexity index is 589. The lowest BCUT2D eigenvalue weighted by Gasteiger charge is -2.17. The second-order valence-electron chi connectivity index (χ2n) is 6.43. The van der Waals surface area contributed by atoms with Crippen molar-refractivity contribution in [3.8, 4) is 0 Å². The Hall–Kier alpha value is -1.95. The molecule has 1 atom stereocenters. The maximum absolute atomic E-state index is 14.1. The number of aliphatic hydroxyl groups is 1. The molecular formula is C17H23FN2O3. The van der Waals surface area contributed by atoms with Crippen LogP contribution in [-0.4, -0.2) is 41.5 Å². The molecular weight excluding hydrogens is 299 g/mol. The molecule has 1 aliphatic rings. The van der Waals surface area contributed by atoms with Gasteiger partial charge in [-0.05, 0) is 30.5 Å². The number of nitrogens with one attached hydrogen (secondary N) is 1. The van der Waals surface area contributed by atoms with E-state index in [1.165, 1.54) is 12.1 Å². The van der Waals surface area contributed by atoms with Gasteiger partial charge in [-0.2, -0.15) is 0 Å². The zero-order valence-corrected chi connectivity index (χ0v) is 13.5. The fraction of sp³-hybridized carbons (Fsp3) is 0.529. The van der Waals surface area contributed by atoms with Crippen LogP contribution in [0.4, 0.5) is 10.1 Å². The number of carbonyl (C=O) groups excluding carboxylic acids is 2. The van der Waals surface area contributed by atoms with Gasteiger partial charge in [-0.25, -0.2) is 4.39 Å². The monoisotopic (exact) mass is 322 g/mol. The number of aliphatic hydroxyl groups excluding tert-OH is 1. The highest BCUT2D eigenvalue weighted by molar-refractivity contribution is 5.96. The van der Waals surface area contributed by atoms with Crippen LogP contribution in [0.2, 0.25) is 0 Å². The summed E-state index contributed by atoms with van der Waals surface area (Å²) in [4.78, 5) is 25.6. The van der Waals surface area contributed by atoms with Crippen molar-refractivity contribution in [1.29, 1.82) is 0 Å². The zero-order valence-electron chi connectivity index (χ0n) is 13.5. The van der Waals surface area contributed by atoms with E-state index in [4.69, 9.17) is 5.11 Å². The first kappa shape index (κ1) is 17.4. The molecule has 126 valence electrons. The quantitative estimate of drug-likeness (QED) is 0.874. The Morgan fingerprint density at radius 3 is 2.74 bits per heavy atom. The van der Waals surface area contributed by atoms with Gasteiger partial charge in [0, 0.05) is 37.6 Å². The second-order valence-corrected chi connectivity index (χ2v) is 6.43. The van der Waals surface area contributed by atoms with Gasteiger partial charge < -0.3 is 15.3 Å². The summed E-state index contributed by atoms with van der Waals surface area (Å²) in [5.74, 6) is -0.832. The predicted molar refractivity (Wildman–Crippen MR) is 85.6 cm³/mol. The highest BCUT2D eigenvalue weighted by Crippen LogP contribution is 2.21. The first-order valence-electron chi connectivity index (χ1n) is 7.90. The molecule has 1 heterocycles. The molecule has 0 aliphatic carbocycles. The van der Waals surface area contributed by atoms with Crippen molar-refractivity contribution >= 4 is 17.5 Å². The Balaban J connectivity index is 2.04. The highest BCUT2D eigenvalue weighted by Gasteiger charge is 2.26. The van der Waals surface area contributed by atoms with Crippen molar-refractivity contribution in [2.24, 2.45) is 11.8 Å². The zero-order chi connectivity index (χ0) is 17.0. The lowest BCUT2D eigenvalue weighted by molar-refractivity contribution is -0.116. The molecule has 23 heavy (non-hydrogen) atoms. The SMILES string of the molecule is CC(C)CC(=O)Nc1ccc(C(=O)N2CCC(CO)C2)cc1F. The van der Waals surface area contributed by atoms with Crippen molar-refractivity contribution < 1.29 is 19.1 Å². The van der Waals surface area contributed by atoms with Crippen LogP contribution in [0.25, 0.3) is 0 Å². The lowest BCUT2D eigenvalue weighted by Crippen LogP contribution is -2.29. The fourth-order valence-corrected chi connectivity index (χ4v) is 2.67. The number of likely N-dealkylation sites (tertiary alicyclic amines) is 1. The number of amides is 2. The lowest BCUT2D eigenvalue weighted by atomic mass is 10.1. The van der Waals surface area contributed by atoms with Crippen molar-refractivity contribution in [3.05, 3.63) is 29.6 Å². The summed E-state index contributed by atoms with van der Waals surface area (Å²) in [6.07, 6.45) is 1.07. The number of hydrogen-bond donors (Lipinski definition) is 2.